The molecule has 0 fully saturated rings. The highest BCUT2D eigenvalue weighted by Crippen LogP contribution is 2.29. The molecule has 0 aliphatic carbocycles. The van der Waals surface area contributed by atoms with Crippen molar-refractivity contribution < 1.29 is 0 Å². The van der Waals surface area contributed by atoms with Gasteiger partial charge in [0.15, 0.2) is 0 Å². The van der Waals surface area contributed by atoms with Gasteiger partial charge in [0.05, 0.1) is 16.1 Å². The van der Waals surface area contributed by atoms with E-state index < -0.39 is 0 Å². The number of nitrogens with zero attached hydrogens (tertiary/aromatic N) is 4. The Morgan fingerprint density at radius 3 is 2.90 bits per heavy atom. The number of nitrogens with one attached hydrogen (secondary N) is 1. The maximum atomic E-state index is 5.97. The first-order chi connectivity index (χ1) is 9.72. The zero-order valence-corrected chi connectivity index (χ0v) is 12.3. The quantitative estimate of drug-likeness (QED) is 0.801. The molecule has 1 N–H and O–H groups in total. The van der Waals surface area contributed by atoms with Crippen LogP contribution >= 0.6 is 22.9 Å². The van der Waals surface area contributed by atoms with Crippen molar-refractivity contribution in [1.29, 1.82) is 0 Å². The Bertz CT molecular complexity index is 694. The Morgan fingerprint density at radius 2 is 2.20 bits per heavy atom. The van der Waals surface area contributed by atoms with Gasteiger partial charge in [-0.3, -0.25) is 0 Å². The Kier molecular flexibility index (Phi) is 3.66. The predicted octanol–water partition coefficient (Wildman–Crippen LogP) is 3.55. The van der Waals surface area contributed by atoms with E-state index in [-0.39, 0.29) is 6.04 Å². The molecule has 0 spiro atoms. The Hall–Kier alpha value is -1.92. The number of hydrogen-bond donors (Lipinski definition) is 1. The van der Waals surface area contributed by atoms with Crippen molar-refractivity contribution in [3.8, 4) is 5.69 Å². The molecule has 2 heterocycles. The highest BCUT2D eigenvalue weighted by atomic mass is 35.5. The topological polar surface area (TPSA) is 55.6 Å². The van der Waals surface area contributed by atoms with Gasteiger partial charge in [0.25, 0.3) is 0 Å². The number of halogens is 1. The minimum Gasteiger partial charge on any atom is -0.378 e. The average Bonchev–Trinajstić information content (AvgIpc) is 3.10. The minimum absolute atomic E-state index is 0.191. The first kappa shape index (κ1) is 13.1. The Morgan fingerprint density at radius 1 is 1.30 bits per heavy atom. The van der Waals surface area contributed by atoms with Crippen molar-refractivity contribution in [2.45, 2.75) is 13.0 Å². The summed E-state index contributed by atoms with van der Waals surface area (Å²) in [5, 5.41) is 14.6. The summed E-state index contributed by atoms with van der Waals surface area (Å²) in [5.41, 5.74) is 1.92. The molecule has 1 unspecified atom stereocenters. The maximum absolute atomic E-state index is 5.97. The second-order valence-electron chi connectivity index (χ2n) is 4.31. The summed E-state index contributed by atoms with van der Waals surface area (Å²) in [6, 6.07) is 12.1. The molecule has 20 heavy (non-hydrogen) atoms. The SMILES string of the molecule is CC(Nc1cccc(-n2cnnn2)c1)c1ccc(Cl)s1. The van der Waals surface area contributed by atoms with Crippen molar-refractivity contribution >= 4 is 28.6 Å². The van der Waals surface area contributed by atoms with Crippen LogP contribution in [0.2, 0.25) is 4.34 Å². The zero-order valence-electron chi connectivity index (χ0n) is 10.7. The lowest BCUT2D eigenvalue weighted by Crippen LogP contribution is -2.05. The van der Waals surface area contributed by atoms with Gasteiger partial charge in [0.1, 0.15) is 6.33 Å². The minimum atomic E-state index is 0.191. The van der Waals surface area contributed by atoms with Crippen molar-refractivity contribution in [1.82, 2.24) is 20.2 Å². The smallest absolute Gasteiger partial charge is 0.143 e. The standard InChI is InChI=1S/C13H12ClN5S/c1-9(12-5-6-13(14)20-12)16-10-3-2-4-11(7-10)19-8-15-17-18-19/h2-9,16H,1H3. The van der Waals surface area contributed by atoms with Gasteiger partial charge in [-0.25, -0.2) is 4.68 Å². The molecule has 3 rings (SSSR count). The van der Waals surface area contributed by atoms with Crippen LogP contribution in [0.15, 0.2) is 42.7 Å². The van der Waals surface area contributed by atoms with E-state index in [1.165, 1.54) is 4.88 Å². The van der Waals surface area contributed by atoms with Crippen molar-refractivity contribution in [2.75, 3.05) is 5.32 Å². The van der Waals surface area contributed by atoms with Crippen LogP contribution in [0, 0.1) is 0 Å². The number of tetrazole rings is 1. The Labute approximate surface area is 125 Å². The van der Waals surface area contributed by atoms with E-state index in [1.807, 2.05) is 36.4 Å². The lowest BCUT2D eigenvalue weighted by atomic mass is 10.2. The normalized spacial score (nSPS) is 12.3. The van der Waals surface area contributed by atoms with Crippen LogP contribution in [0.3, 0.4) is 0 Å². The van der Waals surface area contributed by atoms with Crippen LogP contribution in [-0.2, 0) is 0 Å². The van der Waals surface area contributed by atoms with Crippen LogP contribution in [0.5, 0.6) is 0 Å². The zero-order chi connectivity index (χ0) is 13.9. The fraction of sp³-hybridized carbons (Fsp3) is 0.154. The lowest BCUT2D eigenvalue weighted by molar-refractivity contribution is 0.788. The first-order valence-corrected chi connectivity index (χ1v) is 7.27. The van der Waals surface area contributed by atoms with Gasteiger partial charge in [0, 0.05) is 10.6 Å². The number of hydrogen-bond acceptors (Lipinski definition) is 5. The molecule has 3 aromatic rings. The van der Waals surface area contributed by atoms with Crippen molar-refractivity contribution in [3.05, 3.63) is 51.9 Å². The molecule has 0 radical (unpaired) electrons. The van der Waals surface area contributed by atoms with Gasteiger partial charge in [-0.1, -0.05) is 17.7 Å². The summed E-state index contributed by atoms with van der Waals surface area (Å²) in [6.07, 6.45) is 1.57. The van der Waals surface area contributed by atoms with E-state index in [4.69, 9.17) is 11.6 Å². The highest BCUT2D eigenvalue weighted by molar-refractivity contribution is 7.16. The molecule has 0 saturated carbocycles. The molecule has 7 heteroatoms. The second-order valence-corrected chi connectivity index (χ2v) is 6.06. The summed E-state index contributed by atoms with van der Waals surface area (Å²) in [5.74, 6) is 0. The van der Waals surface area contributed by atoms with Crippen LogP contribution in [0.25, 0.3) is 5.69 Å². The summed E-state index contributed by atoms with van der Waals surface area (Å²) >= 11 is 7.55. The number of aromatic nitrogens is 4. The molecular formula is C13H12ClN5S. The maximum Gasteiger partial charge on any atom is 0.143 e. The number of thiophene rings is 1. The van der Waals surface area contributed by atoms with E-state index in [0.717, 1.165) is 15.7 Å². The van der Waals surface area contributed by atoms with E-state index in [0.29, 0.717) is 0 Å². The van der Waals surface area contributed by atoms with Gasteiger partial charge in [0.2, 0.25) is 0 Å². The first-order valence-electron chi connectivity index (χ1n) is 6.07. The summed E-state index contributed by atoms with van der Waals surface area (Å²) in [4.78, 5) is 1.20. The largest absolute Gasteiger partial charge is 0.378 e. The molecule has 1 atom stereocenters. The lowest BCUT2D eigenvalue weighted by Gasteiger charge is -2.14. The molecule has 102 valence electrons. The molecule has 0 aliphatic rings. The van der Waals surface area contributed by atoms with Gasteiger partial charge in [-0.15, -0.1) is 16.4 Å². The molecule has 0 bridgehead atoms. The monoisotopic (exact) mass is 305 g/mol. The van der Waals surface area contributed by atoms with Gasteiger partial charge in [-0.05, 0) is 47.7 Å². The van der Waals surface area contributed by atoms with Gasteiger partial charge >= 0.3 is 0 Å². The number of rotatable bonds is 4. The van der Waals surface area contributed by atoms with Crippen LogP contribution in [0.1, 0.15) is 17.8 Å². The van der Waals surface area contributed by atoms with E-state index >= 15 is 0 Å². The van der Waals surface area contributed by atoms with Crippen LogP contribution in [-0.4, -0.2) is 20.2 Å². The van der Waals surface area contributed by atoms with Crippen LogP contribution in [0.4, 0.5) is 5.69 Å². The van der Waals surface area contributed by atoms with Crippen molar-refractivity contribution in [3.63, 3.8) is 0 Å². The third-order valence-electron chi connectivity index (χ3n) is 2.86. The summed E-state index contributed by atoms with van der Waals surface area (Å²) in [7, 11) is 0. The molecule has 1 aromatic carbocycles. The van der Waals surface area contributed by atoms with E-state index in [1.54, 1.807) is 22.3 Å². The third-order valence-corrected chi connectivity index (χ3v) is 4.28. The molecule has 2 aromatic heterocycles. The number of benzene rings is 1. The average molecular weight is 306 g/mol. The van der Waals surface area contributed by atoms with E-state index in [9.17, 15) is 0 Å². The fourth-order valence-electron chi connectivity index (χ4n) is 1.90. The van der Waals surface area contributed by atoms with Crippen LogP contribution < -0.4 is 5.32 Å². The van der Waals surface area contributed by atoms with Gasteiger partial charge in [-0.2, -0.15) is 0 Å². The van der Waals surface area contributed by atoms with Gasteiger partial charge < -0.3 is 5.32 Å². The Balaban J connectivity index is 1.79. The molecule has 5 nitrogen and oxygen atoms in total. The highest BCUT2D eigenvalue weighted by Gasteiger charge is 2.08. The van der Waals surface area contributed by atoms with Crippen molar-refractivity contribution in [2.24, 2.45) is 0 Å². The second kappa shape index (κ2) is 5.60. The fourth-order valence-corrected chi connectivity index (χ4v) is 2.96. The number of anilines is 1. The summed E-state index contributed by atoms with van der Waals surface area (Å²) in [6.45, 7) is 2.10. The molecular weight excluding hydrogens is 294 g/mol. The van der Waals surface area contributed by atoms with E-state index in [2.05, 4.69) is 27.8 Å². The predicted molar refractivity (Wildman–Crippen MR) is 80.5 cm³/mol. The molecule has 0 saturated heterocycles. The summed E-state index contributed by atoms with van der Waals surface area (Å²) < 4.78 is 2.42. The third kappa shape index (κ3) is 2.81. The molecule has 0 amide bonds. The molecule has 0 aliphatic heterocycles.